The lowest BCUT2D eigenvalue weighted by Gasteiger charge is -2.16. The fraction of sp³-hybridized carbons (Fsp3) is 0.312. The van der Waals surface area contributed by atoms with Crippen molar-refractivity contribution in [3.05, 3.63) is 35.5 Å². The third kappa shape index (κ3) is 2.59. The van der Waals surface area contributed by atoms with Gasteiger partial charge in [-0.25, -0.2) is 0 Å². The zero-order valence-corrected chi connectivity index (χ0v) is 12.7. The summed E-state index contributed by atoms with van der Waals surface area (Å²) in [6.07, 6.45) is 1.55. The Kier molecular flexibility index (Phi) is 3.87. The van der Waals surface area contributed by atoms with Gasteiger partial charge in [-0.15, -0.1) is 0 Å². The van der Waals surface area contributed by atoms with Gasteiger partial charge in [0.25, 0.3) is 11.8 Å². The average Bonchev–Trinajstić information content (AvgIpc) is 2.97. The number of β-amino-alcohol motifs (C(OH)–C–C–N with tert-alkyl or cyclic N) is 1. The van der Waals surface area contributed by atoms with Gasteiger partial charge in [-0.2, -0.15) is 0 Å². The SMILES string of the molecule is CCN1C(=O)Cc2cc(NC3=CC(=O)N(CCO)C3=O)ccc21. The summed E-state index contributed by atoms with van der Waals surface area (Å²) in [4.78, 5) is 38.4. The van der Waals surface area contributed by atoms with Crippen LogP contribution in [-0.4, -0.2) is 47.4 Å². The topological polar surface area (TPSA) is 90.0 Å². The van der Waals surface area contributed by atoms with Gasteiger partial charge in [-0.05, 0) is 30.7 Å². The molecule has 0 unspecified atom stereocenters. The van der Waals surface area contributed by atoms with E-state index >= 15 is 0 Å². The Morgan fingerprint density at radius 1 is 1.22 bits per heavy atom. The number of carbonyl (C=O) groups excluding carboxylic acids is 3. The van der Waals surface area contributed by atoms with Crippen LogP contribution in [0.1, 0.15) is 12.5 Å². The van der Waals surface area contributed by atoms with Gasteiger partial charge in [-0.3, -0.25) is 19.3 Å². The molecule has 0 radical (unpaired) electrons. The minimum absolute atomic E-state index is 0.0243. The number of rotatable bonds is 5. The average molecular weight is 315 g/mol. The lowest BCUT2D eigenvalue weighted by Crippen LogP contribution is -2.34. The quantitative estimate of drug-likeness (QED) is 0.760. The molecule has 2 aliphatic heterocycles. The monoisotopic (exact) mass is 315 g/mol. The standard InChI is InChI=1S/C16H17N3O4/c1-2-18-13-4-3-11(7-10(13)8-14(18)21)17-12-9-15(22)19(5-6-20)16(12)23/h3-4,7,9,17,20H,2,5-6,8H2,1H3. The zero-order chi connectivity index (χ0) is 16.6. The first-order chi connectivity index (χ1) is 11.0. The molecule has 2 heterocycles. The molecule has 1 aromatic rings. The normalized spacial score (nSPS) is 17.0. The maximum Gasteiger partial charge on any atom is 0.277 e. The van der Waals surface area contributed by atoms with E-state index in [2.05, 4.69) is 5.32 Å². The van der Waals surface area contributed by atoms with Crippen molar-refractivity contribution in [2.24, 2.45) is 0 Å². The molecule has 3 rings (SSSR count). The predicted octanol–water partition coefficient (Wildman–Crippen LogP) is 0.252. The molecule has 120 valence electrons. The maximum atomic E-state index is 12.1. The molecule has 0 bridgehead atoms. The molecule has 2 aliphatic rings. The van der Waals surface area contributed by atoms with E-state index in [9.17, 15) is 14.4 Å². The minimum Gasteiger partial charge on any atom is -0.395 e. The molecule has 3 amide bonds. The largest absolute Gasteiger partial charge is 0.395 e. The van der Waals surface area contributed by atoms with Crippen LogP contribution in [0.5, 0.6) is 0 Å². The maximum absolute atomic E-state index is 12.1. The number of likely N-dealkylation sites (N-methyl/N-ethyl adjacent to an activating group) is 1. The molecule has 2 N–H and O–H groups in total. The van der Waals surface area contributed by atoms with Crippen molar-refractivity contribution in [3.63, 3.8) is 0 Å². The second-order valence-electron chi connectivity index (χ2n) is 5.36. The molecule has 23 heavy (non-hydrogen) atoms. The highest BCUT2D eigenvalue weighted by Gasteiger charge is 2.31. The Balaban J connectivity index is 1.79. The van der Waals surface area contributed by atoms with E-state index in [1.54, 1.807) is 11.0 Å². The summed E-state index contributed by atoms with van der Waals surface area (Å²) in [5.74, 6) is -0.851. The smallest absolute Gasteiger partial charge is 0.277 e. The van der Waals surface area contributed by atoms with Crippen molar-refractivity contribution in [3.8, 4) is 0 Å². The summed E-state index contributed by atoms with van der Waals surface area (Å²) < 4.78 is 0. The van der Waals surface area contributed by atoms with Gasteiger partial charge in [0.05, 0.1) is 19.6 Å². The van der Waals surface area contributed by atoms with Gasteiger partial charge in [0, 0.05) is 24.0 Å². The van der Waals surface area contributed by atoms with Crippen molar-refractivity contribution in [2.75, 3.05) is 29.9 Å². The number of aliphatic hydroxyl groups is 1. The Morgan fingerprint density at radius 2 is 2.00 bits per heavy atom. The first-order valence-electron chi connectivity index (χ1n) is 7.44. The van der Waals surface area contributed by atoms with Gasteiger partial charge < -0.3 is 15.3 Å². The molecule has 0 saturated carbocycles. The van der Waals surface area contributed by atoms with Gasteiger partial charge in [0.2, 0.25) is 5.91 Å². The molecule has 7 heteroatoms. The number of hydrogen-bond donors (Lipinski definition) is 2. The van der Waals surface area contributed by atoms with Crippen molar-refractivity contribution in [2.45, 2.75) is 13.3 Å². The molecule has 0 saturated heterocycles. The number of hydrogen-bond acceptors (Lipinski definition) is 5. The lowest BCUT2D eigenvalue weighted by atomic mass is 10.1. The van der Waals surface area contributed by atoms with E-state index < -0.39 is 11.8 Å². The number of benzene rings is 1. The van der Waals surface area contributed by atoms with Gasteiger partial charge in [0.15, 0.2) is 0 Å². The molecule has 0 fully saturated rings. The first-order valence-corrected chi connectivity index (χ1v) is 7.44. The predicted molar refractivity (Wildman–Crippen MR) is 83.7 cm³/mol. The minimum atomic E-state index is -0.462. The zero-order valence-electron chi connectivity index (χ0n) is 12.7. The van der Waals surface area contributed by atoms with Crippen molar-refractivity contribution < 1.29 is 19.5 Å². The molecule has 0 aliphatic carbocycles. The molecule has 0 aromatic heterocycles. The van der Waals surface area contributed by atoms with E-state index in [1.807, 2.05) is 19.1 Å². The van der Waals surface area contributed by atoms with E-state index in [4.69, 9.17) is 5.11 Å². The Hall–Kier alpha value is -2.67. The Labute approximate surface area is 133 Å². The summed E-state index contributed by atoms with van der Waals surface area (Å²) in [6, 6.07) is 5.42. The van der Waals surface area contributed by atoms with E-state index in [1.165, 1.54) is 6.08 Å². The fourth-order valence-corrected chi connectivity index (χ4v) is 2.87. The highest BCUT2D eigenvalue weighted by atomic mass is 16.3. The lowest BCUT2D eigenvalue weighted by molar-refractivity contribution is -0.137. The van der Waals surface area contributed by atoms with Gasteiger partial charge >= 0.3 is 0 Å². The second-order valence-corrected chi connectivity index (χ2v) is 5.36. The van der Waals surface area contributed by atoms with Crippen LogP contribution in [0.3, 0.4) is 0 Å². The highest BCUT2D eigenvalue weighted by Crippen LogP contribution is 2.31. The van der Waals surface area contributed by atoms with Crippen LogP contribution in [0, 0.1) is 0 Å². The molecule has 0 atom stereocenters. The van der Waals surface area contributed by atoms with Gasteiger partial charge in [0.1, 0.15) is 5.70 Å². The van der Waals surface area contributed by atoms with Crippen molar-refractivity contribution >= 4 is 29.1 Å². The van der Waals surface area contributed by atoms with E-state index in [-0.39, 0.29) is 24.8 Å². The number of anilines is 2. The van der Waals surface area contributed by atoms with Crippen LogP contribution in [-0.2, 0) is 20.8 Å². The van der Waals surface area contributed by atoms with Crippen molar-refractivity contribution in [1.82, 2.24) is 4.90 Å². The number of nitrogens with one attached hydrogen (secondary N) is 1. The number of amides is 3. The van der Waals surface area contributed by atoms with E-state index in [0.29, 0.717) is 18.7 Å². The first kappa shape index (κ1) is 15.2. The molecule has 7 nitrogen and oxygen atoms in total. The number of fused-ring (bicyclic) bond motifs is 1. The fourth-order valence-electron chi connectivity index (χ4n) is 2.87. The van der Waals surface area contributed by atoms with Gasteiger partial charge in [-0.1, -0.05) is 0 Å². The summed E-state index contributed by atoms with van der Waals surface area (Å²) in [6.45, 7) is 2.24. The van der Waals surface area contributed by atoms with Crippen LogP contribution in [0.15, 0.2) is 30.0 Å². The highest BCUT2D eigenvalue weighted by molar-refractivity contribution is 6.17. The number of aliphatic hydroxyl groups excluding tert-OH is 1. The number of nitrogens with zero attached hydrogens (tertiary/aromatic N) is 2. The number of carbonyl (C=O) groups is 3. The molecular weight excluding hydrogens is 298 g/mol. The third-order valence-corrected chi connectivity index (χ3v) is 3.94. The summed E-state index contributed by atoms with van der Waals surface area (Å²) in [5.41, 5.74) is 2.59. The Morgan fingerprint density at radius 3 is 2.70 bits per heavy atom. The summed E-state index contributed by atoms with van der Waals surface area (Å²) in [5, 5.41) is 11.8. The summed E-state index contributed by atoms with van der Waals surface area (Å²) in [7, 11) is 0. The van der Waals surface area contributed by atoms with Crippen LogP contribution in [0.25, 0.3) is 0 Å². The second kappa shape index (κ2) is 5.85. The van der Waals surface area contributed by atoms with E-state index in [0.717, 1.165) is 16.2 Å². The number of imide groups is 1. The van der Waals surface area contributed by atoms with Crippen LogP contribution in [0.2, 0.25) is 0 Å². The summed E-state index contributed by atoms with van der Waals surface area (Å²) >= 11 is 0. The Bertz CT molecular complexity index is 726. The third-order valence-electron chi connectivity index (χ3n) is 3.94. The van der Waals surface area contributed by atoms with Crippen molar-refractivity contribution in [1.29, 1.82) is 0 Å². The molecular formula is C16H17N3O4. The molecule has 1 aromatic carbocycles. The van der Waals surface area contributed by atoms with Crippen LogP contribution in [0.4, 0.5) is 11.4 Å². The molecule has 0 spiro atoms. The van der Waals surface area contributed by atoms with Crippen LogP contribution >= 0.6 is 0 Å². The van der Waals surface area contributed by atoms with Crippen LogP contribution < -0.4 is 10.2 Å².